The topological polar surface area (TPSA) is 67.2 Å². The molecule has 3 aromatic rings. The molecule has 3 heterocycles. The number of hydrogen-bond donors (Lipinski definition) is 0. The average molecular weight is 423 g/mol. The Hall–Kier alpha value is -3.19. The first-order chi connectivity index (χ1) is 14.5. The van der Waals surface area contributed by atoms with Gasteiger partial charge in [-0.05, 0) is 43.7 Å². The number of aryl methyl sites for hydroxylation is 2. The van der Waals surface area contributed by atoms with Gasteiger partial charge in [0.2, 0.25) is 5.91 Å². The molecule has 1 saturated heterocycles. The molecule has 0 bridgehead atoms. The second kappa shape index (κ2) is 8.67. The highest BCUT2D eigenvalue weighted by Gasteiger charge is 2.21. The van der Waals surface area contributed by atoms with Crippen molar-refractivity contribution in [2.45, 2.75) is 13.8 Å². The summed E-state index contributed by atoms with van der Waals surface area (Å²) in [7, 11) is 0. The van der Waals surface area contributed by atoms with Crippen molar-refractivity contribution in [2.24, 2.45) is 0 Å². The zero-order valence-electron chi connectivity index (χ0n) is 17.0. The summed E-state index contributed by atoms with van der Waals surface area (Å²) in [6.07, 6.45) is 4.99. The minimum absolute atomic E-state index is 0.00983. The molecule has 1 aliphatic rings. The fraction of sp³-hybridized carbons (Fsp3) is 0.273. The van der Waals surface area contributed by atoms with Crippen molar-refractivity contribution in [1.29, 1.82) is 0 Å². The molecule has 0 radical (unpaired) electrons. The van der Waals surface area contributed by atoms with Crippen LogP contribution in [0.15, 0.2) is 48.8 Å². The molecule has 1 fully saturated rings. The lowest BCUT2D eigenvalue weighted by molar-refractivity contribution is -0.126. The van der Waals surface area contributed by atoms with Gasteiger partial charge in [0.25, 0.3) is 0 Å². The Labute approximate surface area is 180 Å². The monoisotopic (exact) mass is 422 g/mol. The molecule has 154 valence electrons. The zero-order chi connectivity index (χ0) is 21.1. The Kier molecular flexibility index (Phi) is 5.81. The number of benzene rings is 1. The predicted molar refractivity (Wildman–Crippen MR) is 118 cm³/mol. The molecule has 0 unspecified atom stereocenters. The molecule has 0 saturated carbocycles. The maximum absolute atomic E-state index is 12.5. The van der Waals surface area contributed by atoms with Crippen molar-refractivity contribution in [3.05, 3.63) is 70.8 Å². The lowest BCUT2D eigenvalue weighted by Gasteiger charge is -2.35. The summed E-state index contributed by atoms with van der Waals surface area (Å²) in [6, 6.07) is 11.4. The van der Waals surface area contributed by atoms with Crippen LogP contribution in [-0.2, 0) is 4.79 Å². The summed E-state index contributed by atoms with van der Waals surface area (Å²) in [5.74, 6) is 1.60. The molecule has 1 aromatic carbocycles. The van der Waals surface area contributed by atoms with Crippen LogP contribution in [0.4, 0.5) is 5.82 Å². The van der Waals surface area contributed by atoms with Gasteiger partial charge in [-0.15, -0.1) is 0 Å². The number of carbonyl (C=O) groups excluding carboxylic acids is 1. The Morgan fingerprint density at radius 1 is 1.00 bits per heavy atom. The molecule has 1 aliphatic heterocycles. The first-order valence-electron chi connectivity index (χ1n) is 9.83. The van der Waals surface area contributed by atoms with E-state index in [0.717, 1.165) is 28.6 Å². The summed E-state index contributed by atoms with van der Waals surface area (Å²) in [5.41, 5.74) is 2.93. The molecule has 30 heavy (non-hydrogen) atoms. The second-order valence-electron chi connectivity index (χ2n) is 7.27. The van der Waals surface area contributed by atoms with E-state index >= 15 is 0 Å². The maximum atomic E-state index is 12.5. The Bertz CT molecular complexity index is 1070. The van der Waals surface area contributed by atoms with Gasteiger partial charge in [-0.1, -0.05) is 23.7 Å². The van der Waals surface area contributed by atoms with Crippen LogP contribution in [0.5, 0.6) is 0 Å². The molecule has 0 N–H and O–H groups in total. The van der Waals surface area contributed by atoms with Crippen molar-refractivity contribution in [2.75, 3.05) is 31.1 Å². The van der Waals surface area contributed by atoms with Crippen molar-refractivity contribution in [3.8, 4) is 5.82 Å². The van der Waals surface area contributed by atoms with E-state index in [9.17, 15) is 4.79 Å². The molecule has 7 nitrogen and oxygen atoms in total. The zero-order valence-corrected chi connectivity index (χ0v) is 17.8. The minimum Gasteiger partial charge on any atom is -0.353 e. The van der Waals surface area contributed by atoms with E-state index in [1.165, 1.54) is 0 Å². The van der Waals surface area contributed by atoms with E-state index in [1.54, 1.807) is 12.4 Å². The normalized spacial score (nSPS) is 14.5. The van der Waals surface area contributed by atoms with Crippen LogP contribution in [0.25, 0.3) is 11.9 Å². The molecular formula is C22H23ClN6O. The summed E-state index contributed by atoms with van der Waals surface area (Å²) < 4.78 is 1.82. The number of aromatic nitrogens is 4. The standard InChI is InChI=1S/C22H23ClN6O/c1-16-13-17(2)29(26-16)21-14-20(24-15-25-21)27-9-11-28(12-10-27)22(30)8-5-18-3-6-19(23)7-4-18/h3-8,13-15H,9-12H2,1-2H3/b8-5+. The number of rotatable bonds is 4. The number of hydrogen-bond acceptors (Lipinski definition) is 5. The minimum atomic E-state index is 0.00983. The van der Waals surface area contributed by atoms with Crippen molar-refractivity contribution < 1.29 is 4.79 Å². The average Bonchev–Trinajstić information content (AvgIpc) is 3.11. The van der Waals surface area contributed by atoms with Gasteiger partial charge in [-0.25, -0.2) is 14.6 Å². The van der Waals surface area contributed by atoms with Crippen LogP contribution < -0.4 is 4.90 Å². The van der Waals surface area contributed by atoms with E-state index in [0.29, 0.717) is 31.2 Å². The SMILES string of the molecule is Cc1cc(C)n(-c2cc(N3CCN(C(=O)/C=C/c4ccc(Cl)cc4)CC3)ncn2)n1. The van der Waals surface area contributed by atoms with Gasteiger partial charge in [-0.3, -0.25) is 4.79 Å². The lowest BCUT2D eigenvalue weighted by atomic mass is 10.2. The van der Waals surface area contributed by atoms with E-state index in [1.807, 2.05) is 65.9 Å². The predicted octanol–water partition coefficient (Wildman–Crippen LogP) is 3.29. The van der Waals surface area contributed by atoms with Crippen LogP contribution in [0.1, 0.15) is 17.0 Å². The lowest BCUT2D eigenvalue weighted by Crippen LogP contribution is -2.48. The van der Waals surface area contributed by atoms with Crippen molar-refractivity contribution >= 4 is 29.4 Å². The smallest absolute Gasteiger partial charge is 0.246 e. The number of halogens is 1. The summed E-state index contributed by atoms with van der Waals surface area (Å²) in [6.45, 7) is 6.68. The Morgan fingerprint density at radius 2 is 1.70 bits per heavy atom. The van der Waals surface area contributed by atoms with Gasteiger partial charge in [0.1, 0.15) is 12.1 Å². The van der Waals surface area contributed by atoms with Crippen LogP contribution in [-0.4, -0.2) is 56.7 Å². The fourth-order valence-corrected chi connectivity index (χ4v) is 3.62. The first kappa shape index (κ1) is 20.1. The molecule has 0 spiro atoms. The van der Waals surface area contributed by atoms with Crippen molar-refractivity contribution in [1.82, 2.24) is 24.6 Å². The molecule has 1 amide bonds. The number of amides is 1. The molecule has 8 heteroatoms. The van der Waals surface area contributed by atoms with Gasteiger partial charge < -0.3 is 9.80 Å². The van der Waals surface area contributed by atoms with Crippen LogP contribution in [0.2, 0.25) is 5.02 Å². The first-order valence-corrected chi connectivity index (χ1v) is 10.2. The molecule has 0 atom stereocenters. The van der Waals surface area contributed by atoms with Crippen molar-refractivity contribution in [3.63, 3.8) is 0 Å². The van der Waals surface area contributed by atoms with Gasteiger partial charge in [0, 0.05) is 49.0 Å². The highest BCUT2D eigenvalue weighted by molar-refractivity contribution is 6.30. The van der Waals surface area contributed by atoms with Gasteiger partial charge in [0.15, 0.2) is 5.82 Å². The van der Waals surface area contributed by atoms with Crippen LogP contribution in [0, 0.1) is 13.8 Å². The highest BCUT2D eigenvalue weighted by atomic mass is 35.5. The molecular weight excluding hydrogens is 400 g/mol. The van der Waals surface area contributed by atoms with Gasteiger partial charge >= 0.3 is 0 Å². The van der Waals surface area contributed by atoms with Crippen LogP contribution >= 0.6 is 11.6 Å². The third-order valence-electron chi connectivity index (χ3n) is 5.07. The summed E-state index contributed by atoms with van der Waals surface area (Å²) in [4.78, 5) is 25.3. The maximum Gasteiger partial charge on any atom is 0.246 e. The van der Waals surface area contributed by atoms with E-state index < -0.39 is 0 Å². The van der Waals surface area contributed by atoms with E-state index in [-0.39, 0.29) is 5.91 Å². The fourth-order valence-electron chi connectivity index (χ4n) is 3.49. The Balaban J connectivity index is 1.38. The molecule has 4 rings (SSSR count). The number of anilines is 1. The van der Waals surface area contributed by atoms with E-state index in [2.05, 4.69) is 20.0 Å². The summed E-state index contributed by atoms with van der Waals surface area (Å²) in [5, 5.41) is 5.17. The third kappa shape index (κ3) is 4.52. The van der Waals surface area contributed by atoms with Crippen LogP contribution in [0.3, 0.4) is 0 Å². The second-order valence-corrected chi connectivity index (χ2v) is 7.71. The van der Waals surface area contributed by atoms with Gasteiger partial charge in [-0.2, -0.15) is 5.10 Å². The van der Waals surface area contributed by atoms with E-state index in [4.69, 9.17) is 11.6 Å². The number of piperazine rings is 1. The largest absolute Gasteiger partial charge is 0.353 e. The third-order valence-corrected chi connectivity index (χ3v) is 5.32. The Morgan fingerprint density at radius 3 is 2.37 bits per heavy atom. The highest BCUT2D eigenvalue weighted by Crippen LogP contribution is 2.18. The number of carbonyl (C=O) groups is 1. The quantitative estimate of drug-likeness (QED) is 0.603. The molecule has 0 aliphatic carbocycles. The molecule has 2 aromatic heterocycles. The number of nitrogens with zero attached hydrogens (tertiary/aromatic N) is 6. The van der Waals surface area contributed by atoms with Gasteiger partial charge in [0.05, 0.1) is 5.69 Å². The summed E-state index contributed by atoms with van der Waals surface area (Å²) >= 11 is 5.90.